The van der Waals surface area contributed by atoms with Gasteiger partial charge in [0.1, 0.15) is 23.9 Å². The smallest absolute Gasteiger partial charge is 0.302 e. The first kappa shape index (κ1) is 22.1. The van der Waals surface area contributed by atoms with Gasteiger partial charge in [0.25, 0.3) is 0 Å². The van der Waals surface area contributed by atoms with Crippen molar-refractivity contribution in [2.75, 3.05) is 13.2 Å². The van der Waals surface area contributed by atoms with Gasteiger partial charge >= 0.3 is 5.97 Å². The molecule has 0 aliphatic rings. The van der Waals surface area contributed by atoms with Crippen LogP contribution in [0.5, 0.6) is 5.75 Å². The summed E-state index contributed by atoms with van der Waals surface area (Å²) in [6, 6.07) is 20.4. The zero-order chi connectivity index (χ0) is 22.4. The minimum atomic E-state index is -3.87. The molecular weight excluding hydrogens is 414 g/mol. The molecule has 0 radical (unpaired) electrons. The molecule has 7 heteroatoms. The van der Waals surface area contributed by atoms with Crippen molar-refractivity contribution in [3.63, 3.8) is 0 Å². The van der Waals surface area contributed by atoms with E-state index < -0.39 is 15.8 Å². The maximum atomic E-state index is 13.4. The van der Waals surface area contributed by atoms with Crippen LogP contribution >= 0.6 is 0 Å². The molecule has 0 unspecified atom stereocenters. The van der Waals surface area contributed by atoms with Gasteiger partial charge in [0.05, 0.1) is 16.5 Å². The average Bonchev–Trinajstić information content (AvgIpc) is 2.77. The van der Waals surface area contributed by atoms with Gasteiger partial charge in [0.2, 0.25) is 9.84 Å². The van der Waals surface area contributed by atoms with Gasteiger partial charge in [-0.05, 0) is 54.4 Å². The zero-order valence-corrected chi connectivity index (χ0v) is 18.0. The average molecular weight is 436 g/mol. The molecule has 158 valence electrons. The summed E-state index contributed by atoms with van der Waals surface area (Å²) in [6.07, 6.45) is 0. The minimum Gasteiger partial charge on any atom is -0.489 e. The number of benzene rings is 3. The van der Waals surface area contributed by atoms with Crippen molar-refractivity contribution >= 4 is 15.8 Å². The van der Waals surface area contributed by atoms with Gasteiger partial charge in [-0.15, -0.1) is 0 Å². The highest BCUT2D eigenvalue weighted by Gasteiger charge is 2.23. The number of ether oxygens (including phenoxy) is 2. The highest BCUT2D eigenvalue weighted by Crippen LogP contribution is 2.34. The van der Waals surface area contributed by atoms with Crippen molar-refractivity contribution in [3.05, 3.63) is 77.9 Å². The van der Waals surface area contributed by atoms with E-state index in [-0.39, 0.29) is 28.8 Å². The number of carbonyl (C=O) groups excluding carboxylic acids is 1. The third kappa shape index (κ3) is 5.30. The lowest BCUT2D eigenvalue weighted by Gasteiger charge is -2.14. The fourth-order valence-corrected chi connectivity index (χ4v) is 4.36. The Balaban J connectivity index is 2.03. The maximum absolute atomic E-state index is 13.4. The number of carbonyl (C=O) groups is 1. The summed E-state index contributed by atoms with van der Waals surface area (Å²) >= 11 is 0. The van der Waals surface area contributed by atoms with Crippen LogP contribution in [0.1, 0.15) is 18.1 Å². The number of esters is 1. The van der Waals surface area contributed by atoms with Gasteiger partial charge in [-0.1, -0.05) is 35.9 Å². The third-order valence-corrected chi connectivity index (χ3v) is 6.35. The second kappa shape index (κ2) is 9.45. The molecule has 0 heterocycles. The summed E-state index contributed by atoms with van der Waals surface area (Å²) in [4.78, 5) is 11.1. The summed E-state index contributed by atoms with van der Waals surface area (Å²) in [6.45, 7) is 3.20. The molecule has 0 saturated carbocycles. The van der Waals surface area contributed by atoms with Crippen molar-refractivity contribution in [3.8, 4) is 22.9 Å². The normalized spacial score (nSPS) is 10.9. The van der Waals surface area contributed by atoms with Crippen LogP contribution in [0, 0.1) is 18.3 Å². The monoisotopic (exact) mass is 435 g/mol. The van der Waals surface area contributed by atoms with Crippen LogP contribution in [-0.2, 0) is 19.4 Å². The fourth-order valence-electron chi connectivity index (χ4n) is 2.94. The van der Waals surface area contributed by atoms with Crippen LogP contribution in [0.3, 0.4) is 0 Å². The first-order valence-corrected chi connectivity index (χ1v) is 11.0. The van der Waals surface area contributed by atoms with E-state index in [0.717, 1.165) is 11.1 Å². The van der Waals surface area contributed by atoms with Crippen LogP contribution in [0.2, 0.25) is 0 Å². The third-order valence-electron chi connectivity index (χ3n) is 4.56. The Kier molecular flexibility index (Phi) is 6.73. The molecule has 0 aliphatic heterocycles. The Labute approximate surface area is 181 Å². The Morgan fingerprint density at radius 3 is 2.19 bits per heavy atom. The molecule has 31 heavy (non-hydrogen) atoms. The summed E-state index contributed by atoms with van der Waals surface area (Å²) in [7, 11) is -3.87. The SMILES string of the molecule is CC(=O)OCCOc1ccc(-c2ccc(C#N)cc2)cc1S(=O)(=O)c1ccc(C)cc1. The van der Waals surface area contributed by atoms with Crippen molar-refractivity contribution in [1.29, 1.82) is 5.26 Å². The molecule has 3 rings (SSSR count). The van der Waals surface area contributed by atoms with E-state index in [2.05, 4.69) is 6.07 Å². The molecular formula is C24H21NO5S. The second-order valence-electron chi connectivity index (χ2n) is 6.86. The highest BCUT2D eigenvalue weighted by molar-refractivity contribution is 7.91. The zero-order valence-electron chi connectivity index (χ0n) is 17.2. The van der Waals surface area contributed by atoms with E-state index in [9.17, 15) is 13.2 Å². The molecule has 0 fully saturated rings. The molecule has 3 aromatic rings. The molecule has 6 nitrogen and oxygen atoms in total. The van der Waals surface area contributed by atoms with Crippen molar-refractivity contribution < 1.29 is 22.7 Å². The number of nitriles is 1. The Hall–Kier alpha value is -3.63. The van der Waals surface area contributed by atoms with Crippen LogP contribution < -0.4 is 4.74 Å². The van der Waals surface area contributed by atoms with Crippen LogP contribution in [-0.4, -0.2) is 27.6 Å². The molecule has 0 atom stereocenters. The van der Waals surface area contributed by atoms with E-state index in [1.165, 1.54) is 6.92 Å². The van der Waals surface area contributed by atoms with Crippen molar-refractivity contribution in [1.82, 2.24) is 0 Å². The van der Waals surface area contributed by atoms with E-state index in [1.807, 2.05) is 6.92 Å². The van der Waals surface area contributed by atoms with Crippen LogP contribution in [0.4, 0.5) is 0 Å². The van der Waals surface area contributed by atoms with Gasteiger partial charge in [-0.25, -0.2) is 8.42 Å². The van der Waals surface area contributed by atoms with E-state index in [0.29, 0.717) is 11.1 Å². The van der Waals surface area contributed by atoms with Gasteiger partial charge < -0.3 is 9.47 Å². The minimum absolute atomic E-state index is 0.0106. The second-order valence-corrected chi connectivity index (χ2v) is 8.77. The van der Waals surface area contributed by atoms with E-state index >= 15 is 0 Å². The molecule has 0 amide bonds. The van der Waals surface area contributed by atoms with Gasteiger partial charge in [-0.3, -0.25) is 4.79 Å². The largest absolute Gasteiger partial charge is 0.489 e. The number of hydrogen-bond donors (Lipinski definition) is 0. The first-order valence-electron chi connectivity index (χ1n) is 9.54. The van der Waals surface area contributed by atoms with E-state index in [1.54, 1.807) is 66.7 Å². The predicted molar refractivity (Wildman–Crippen MR) is 115 cm³/mol. The molecule has 0 aliphatic carbocycles. The molecule has 0 N–H and O–H groups in total. The lowest BCUT2D eigenvalue weighted by Crippen LogP contribution is -2.12. The Morgan fingerprint density at radius 2 is 1.58 bits per heavy atom. The van der Waals surface area contributed by atoms with E-state index in [4.69, 9.17) is 14.7 Å². The molecule has 0 spiro atoms. The summed E-state index contributed by atoms with van der Waals surface area (Å²) < 4.78 is 37.3. The van der Waals surface area contributed by atoms with Crippen LogP contribution in [0.25, 0.3) is 11.1 Å². The predicted octanol–water partition coefficient (Wildman–Crippen LogP) is 4.31. The fraction of sp³-hybridized carbons (Fsp3) is 0.167. The summed E-state index contributed by atoms with van der Waals surface area (Å²) in [5.74, 6) is -0.266. The first-order chi connectivity index (χ1) is 14.8. The molecule has 3 aromatic carbocycles. The number of hydrogen-bond acceptors (Lipinski definition) is 6. The summed E-state index contributed by atoms with van der Waals surface area (Å²) in [5.41, 5.74) is 2.90. The van der Waals surface area contributed by atoms with Gasteiger partial charge in [-0.2, -0.15) is 5.26 Å². The lowest BCUT2D eigenvalue weighted by atomic mass is 10.0. The Morgan fingerprint density at radius 1 is 0.935 bits per heavy atom. The van der Waals surface area contributed by atoms with Crippen molar-refractivity contribution in [2.24, 2.45) is 0 Å². The van der Waals surface area contributed by atoms with Crippen molar-refractivity contribution in [2.45, 2.75) is 23.6 Å². The topological polar surface area (TPSA) is 93.5 Å². The molecule has 0 saturated heterocycles. The number of aryl methyl sites for hydroxylation is 1. The van der Waals surface area contributed by atoms with Gasteiger partial charge in [0.15, 0.2) is 0 Å². The molecule has 0 bridgehead atoms. The molecule has 0 aromatic heterocycles. The number of sulfone groups is 1. The van der Waals surface area contributed by atoms with Crippen LogP contribution in [0.15, 0.2) is 76.5 Å². The lowest BCUT2D eigenvalue weighted by molar-refractivity contribution is -0.141. The number of rotatable bonds is 7. The maximum Gasteiger partial charge on any atom is 0.302 e. The Bertz CT molecular complexity index is 1220. The highest BCUT2D eigenvalue weighted by atomic mass is 32.2. The van der Waals surface area contributed by atoms with Gasteiger partial charge in [0, 0.05) is 6.92 Å². The summed E-state index contributed by atoms with van der Waals surface area (Å²) in [5, 5.41) is 8.99. The quantitative estimate of drug-likeness (QED) is 0.406. The number of nitrogens with zero attached hydrogens (tertiary/aromatic N) is 1. The standard InChI is InChI=1S/C24H21NO5S/c1-17-3-10-22(11-4-17)31(27,28)24-15-21(20-7-5-19(16-25)6-8-20)9-12-23(24)30-14-13-29-18(2)26/h3-12,15H,13-14H2,1-2H3.